The van der Waals surface area contributed by atoms with E-state index in [0.717, 1.165) is 56.1 Å². The molecule has 3 aromatic rings. The summed E-state index contributed by atoms with van der Waals surface area (Å²) in [4.78, 5) is 28.7. The van der Waals surface area contributed by atoms with Crippen LogP contribution >= 0.6 is 0 Å². The van der Waals surface area contributed by atoms with Crippen molar-refractivity contribution >= 4 is 28.2 Å². The van der Waals surface area contributed by atoms with E-state index in [9.17, 15) is 10.1 Å². The van der Waals surface area contributed by atoms with Crippen LogP contribution in [0.3, 0.4) is 0 Å². The van der Waals surface area contributed by atoms with Gasteiger partial charge in [0.1, 0.15) is 12.4 Å². The molecule has 10 heteroatoms. The minimum Gasteiger partial charge on any atom is -0.461 e. The molecule has 0 aliphatic carbocycles. The third-order valence-electron chi connectivity index (χ3n) is 8.86. The fraction of sp³-hybridized carbons (Fsp3) is 0.471. The lowest BCUT2D eigenvalue weighted by molar-refractivity contribution is -0.128. The van der Waals surface area contributed by atoms with Gasteiger partial charge in [0, 0.05) is 56.0 Å². The lowest BCUT2D eigenvalue weighted by Crippen LogP contribution is -2.55. The predicted molar refractivity (Wildman–Crippen MR) is 169 cm³/mol. The number of ether oxygens (including phenoxy) is 3. The summed E-state index contributed by atoms with van der Waals surface area (Å²) in [6.45, 7) is 11.1. The zero-order chi connectivity index (χ0) is 30.5. The largest absolute Gasteiger partial charge is 0.461 e. The van der Waals surface area contributed by atoms with E-state index in [-0.39, 0.29) is 24.5 Å². The van der Waals surface area contributed by atoms with Crippen molar-refractivity contribution in [2.24, 2.45) is 0 Å². The molecule has 1 amide bonds. The maximum absolute atomic E-state index is 12.5. The average molecular weight is 597 g/mol. The Morgan fingerprint density at radius 3 is 2.73 bits per heavy atom. The van der Waals surface area contributed by atoms with Gasteiger partial charge in [-0.05, 0) is 49.3 Å². The van der Waals surface area contributed by atoms with Gasteiger partial charge in [-0.1, -0.05) is 36.9 Å². The number of hydrogen-bond acceptors (Lipinski definition) is 9. The quantitative estimate of drug-likeness (QED) is 0.266. The van der Waals surface area contributed by atoms with Crippen LogP contribution in [0.2, 0.25) is 0 Å². The van der Waals surface area contributed by atoms with E-state index in [1.165, 1.54) is 28.1 Å². The van der Waals surface area contributed by atoms with Crippen molar-refractivity contribution < 1.29 is 19.0 Å². The number of nitrogens with zero attached hydrogens (tertiary/aromatic N) is 6. The molecular weight excluding hydrogens is 556 g/mol. The van der Waals surface area contributed by atoms with Gasteiger partial charge in [-0.2, -0.15) is 15.2 Å². The van der Waals surface area contributed by atoms with Gasteiger partial charge in [0.2, 0.25) is 5.91 Å². The van der Waals surface area contributed by atoms with E-state index < -0.39 is 0 Å². The summed E-state index contributed by atoms with van der Waals surface area (Å²) in [5.74, 6) is 0.682. The fourth-order valence-corrected chi connectivity index (χ4v) is 6.61. The first kappa shape index (κ1) is 29.9. The Labute approximate surface area is 258 Å². The van der Waals surface area contributed by atoms with E-state index in [2.05, 4.69) is 65.8 Å². The van der Waals surface area contributed by atoms with Gasteiger partial charge in [0.25, 0.3) is 0 Å². The number of carbonyl (C=O) groups is 1. The van der Waals surface area contributed by atoms with Gasteiger partial charge in [-0.3, -0.25) is 4.79 Å². The first-order valence-corrected chi connectivity index (χ1v) is 15.6. The summed E-state index contributed by atoms with van der Waals surface area (Å²) in [5, 5.41) is 12.0. The lowest BCUT2D eigenvalue weighted by Gasteiger charge is -2.42. The van der Waals surface area contributed by atoms with Gasteiger partial charge in [0.05, 0.1) is 43.5 Å². The molecule has 2 saturated heterocycles. The molecule has 0 spiro atoms. The standard InChI is InChI=1S/C34H40N6O4/c1-3-31(41)40-17-16-39(22-26(40)10-14-35)33-28-11-15-38(30-9-5-8-25-7-4-6-24(2)32(25)30)23-29(28)36-34(37-33)44-21-20-43-27-12-18-42-19-13-27/h3-9,26-27H,1,10-13,15-23H2,2H3/t26-/m0/s1. The first-order valence-electron chi connectivity index (χ1n) is 15.6. The van der Waals surface area contributed by atoms with E-state index >= 15 is 0 Å². The Morgan fingerprint density at radius 2 is 1.93 bits per heavy atom. The highest BCUT2D eigenvalue weighted by atomic mass is 16.5. The maximum atomic E-state index is 12.5. The molecule has 6 rings (SSSR count). The number of anilines is 2. The first-order chi connectivity index (χ1) is 21.6. The van der Waals surface area contributed by atoms with Crippen LogP contribution in [-0.2, 0) is 27.2 Å². The number of nitriles is 1. The van der Waals surface area contributed by atoms with E-state index in [4.69, 9.17) is 24.2 Å². The molecular formula is C34H40N6O4. The van der Waals surface area contributed by atoms with E-state index in [1.54, 1.807) is 4.90 Å². The number of aryl methyl sites for hydroxylation is 1. The van der Waals surface area contributed by atoms with Crippen molar-refractivity contribution in [3.05, 3.63) is 65.9 Å². The Balaban J connectivity index is 1.28. The zero-order valence-electron chi connectivity index (χ0n) is 25.4. The van der Waals surface area contributed by atoms with Gasteiger partial charge in [0.15, 0.2) is 0 Å². The number of amides is 1. The van der Waals surface area contributed by atoms with Crippen LogP contribution < -0.4 is 14.5 Å². The number of fused-ring (bicyclic) bond motifs is 2. The monoisotopic (exact) mass is 596 g/mol. The van der Waals surface area contributed by atoms with Crippen LogP contribution in [0.15, 0.2) is 49.1 Å². The van der Waals surface area contributed by atoms with Crippen molar-refractivity contribution in [2.75, 3.05) is 62.4 Å². The SMILES string of the molecule is C=CC(=O)N1CCN(c2nc(OCCOC3CCOCC3)nc3c2CCN(c2cccc4cccc(C)c24)C3)C[C@@H]1CC#N. The average Bonchev–Trinajstić information content (AvgIpc) is 3.06. The second kappa shape index (κ2) is 13.6. The molecule has 3 aliphatic rings. The predicted octanol–water partition coefficient (Wildman–Crippen LogP) is 4.19. The van der Waals surface area contributed by atoms with Gasteiger partial charge < -0.3 is 28.9 Å². The van der Waals surface area contributed by atoms with Gasteiger partial charge in [-0.25, -0.2) is 0 Å². The Morgan fingerprint density at radius 1 is 1.11 bits per heavy atom. The summed E-state index contributed by atoms with van der Waals surface area (Å²) < 4.78 is 17.6. The summed E-state index contributed by atoms with van der Waals surface area (Å²) in [5.41, 5.74) is 4.48. The second-order valence-corrected chi connectivity index (χ2v) is 11.6. The molecule has 0 radical (unpaired) electrons. The van der Waals surface area contributed by atoms with Crippen molar-refractivity contribution in [3.8, 4) is 12.1 Å². The molecule has 3 aliphatic heterocycles. The molecule has 0 bridgehead atoms. The molecule has 230 valence electrons. The Hall–Kier alpha value is -4.20. The maximum Gasteiger partial charge on any atom is 0.318 e. The molecule has 0 saturated carbocycles. The van der Waals surface area contributed by atoms with Crippen molar-refractivity contribution in [1.82, 2.24) is 14.9 Å². The molecule has 1 atom stereocenters. The van der Waals surface area contributed by atoms with Crippen LogP contribution in [-0.4, -0.2) is 85.5 Å². The highest BCUT2D eigenvalue weighted by molar-refractivity contribution is 5.97. The van der Waals surface area contributed by atoms with Gasteiger partial charge >= 0.3 is 6.01 Å². The van der Waals surface area contributed by atoms with E-state index in [1.807, 2.05) is 0 Å². The van der Waals surface area contributed by atoms with Gasteiger partial charge in [-0.15, -0.1) is 0 Å². The number of aromatic nitrogens is 2. The van der Waals surface area contributed by atoms with Crippen molar-refractivity contribution in [2.45, 2.75) is 51.3 Å². The molecule has 0 unspecified atom stereocenters. The molecule has 2 aromatic carbocycles. The molecule has 2 fully saturated rings. The number of hydrogen-bond donors (Lipinski definition) is 0. The third-order valence-corrected chi connectivity index (χ3v) is 8.86. The Bertz CT molecular complexity index is 1540. The Kier molecular flexibility index (Phi) is 9.24. The summed E-state index contributed by atoms with van der Waals surface area (Å²) in [6.07, 6.45) is 4.32. The number of rotatable bonds is 9. The molecule has 44 heavy (non-hydrogen) atoms. The number of piperazine rings is 1. The highest BCUT2D eigenvalue weighted by Gasteiger charge is 2.33. The minimum atomic E-state index is -0.249. The molecule has 10 nitrogen and oxygen atoms in total. The smallest absolute Gasteiger partial charge is 0.318 e. The summed E-state index contributed by atoms with van der Waals surface area (Å²) in [6, 6.07) is 15.2. The van der Waals surface area contributed by atoms with Crippen LogP contribution in [0.25, 0.3) is 10.8 Å². The van der Waals surface area contributed by atoms with E-state index in [0.29, 0.717) is 45.4 Å². The number of benzene rings is 2. The topological polar surface area (TPSA) is 104 Å². The summed E-state index contributed by atoms with van der Waals surface area (Å²) in [7, 11) is 0. The second-order valence-electron chi connectivity index (χ2n) is 11.6. The van der Waals surface area contributed by atoms with Crippen LogP contribution in [0, 0.1) is 18.3 Å². The van der Waals surface area contributed by atoms with Crippen LogP contribution in [0.4, 0.5) is 11.5 Å². The fourth-order valence-electron chi connectivity index (χ4n) is 6.61. The van der Waals surface area contributed by atoms with Crippen molar-refractivity contribution in [1.29, 1.82) is 5.26 Å². The number of carbonyl (C=O) groups excluding carboxylic acids is 1. The highest BCUT2D eigenvalue weighted by Crippen LogP contribution is 2.36. The normalized spacial score (nSPS) is 19.0. The lowest BCUT2D eigenvalue weighted by atomic mass is 9.99. The van der Waals surface area contributed by atoms with Crippen LogP contribution in [0.5, 0.6) is 6.01 Å². The molecule has 4 heterocycles. The zero-order valence-corrected chi connectivity index (χ0v) is 25.4. The summed E-state index contributed by atoms with van der Waals surface area (Å²) >= 11 is 0. The van der Waals surface area contributed by atoms with Crippen LogP contribution in [0.1, 0.15) is 36.1 Å². The molecule has 1 aromatic heterocycles. The van der Waals surface area contributed by atoms with Crippen molar-refractivity contribution in [3.63, 3.8) is 0 Å². The third kappa shape index (κ3) is 6.35. The minimum absolute atomic E-state index is 0.149. The molecule has 0 N–H and O–H groups in total.